The van der Waals surface area contributed by atoms with Crippen molar-refractivity contribution in [1.82, 2.24) is 0 Å². The third-order valence-corrected chi connectivity index (χ3v) is 7.36. The van der Waals surface area contributed by atoms with E-state index in [1.807, 2.05) is 91.0 Å². The van der Waals surface area contributed by atoms with Gasteiger partial charge in [-0.2, -0.15) is 0 Å². The Labute approximate surface area is 249 Å². The highest BCUT2D eigenvalue weighted by atomic mass is 16.7. The number of benzene rings is 4. The van der Waals surface area contributed by atoms with Crippen molar-refractivity contribution in [3.63, 3.8) is 0 Å². The summed E-state index contributed by atoms with van der Waals surface area (Å²) in [5.41, 5.74) is 2.44. The topological polar surface area (TPSA) is 117 Å². The van der Waals surface area contributed by atoms with E-state index in [1.165, 1.54) is 24.3 Å². The van der Waals surface area contributed by atoms with Crippen LogP contribution in [0.3, 0.4) is 0 Å². The molecule has 0 radical (unpaired) electrons. The van der Waals surface area contributed by atoms with E-state index in [9.17, 15) is 20.0 Å². The molecule has 9 nitrogen and oxygen atoms in total. The molecule has 1 aliphatic heterocycles. The van der Waals surface area contributed by atoms with Gasteiger partial charge >= 0.3 is 0 Å². The Hall–Kier alpha value is -4.25. The average molecular weight is 584 g/mol. The number of non-ortho nitro benzene ring substituents is 1. The maximum atomic E-state index is 14.5. The van der Waals surface area contributed by atoms with Gasteiger partial charge in [0.2, 0.25) is 5.78 Å². The third kappa shape index (κ3) is 7.05. The number of aliphatic hydroxyl groups is 1. The van der Waals surface area contributed by atoms with Gasteiger partial charge in [0, 0.05) is 17.7 Å². The van der Waals surface area contributed by atoms with Crippen LogP contribution in [0.25, 0.3) is 0 Å². The minimum Gasteiger partial charge on any atom is -0.388 e. The number of hydrogen-bond donors (Lipinski definition) is 1. The number of ether oxygens (including phenoxy) is 4. The minimum absolute atomic E-state index is 0.0149. The number of nitro benzene ring substituents is 1. The lowest BCUT2D eigenvalue weighted by molar-refractivity contribution is -0.384. The standard InChI is InChI=1S/C34H33NO8/c1-24-30(36)31(40-21-25-11-5-2-6-12-25)33(41-22-26-13-7-3-8-14-26)34(43-24,42-23-27-15-9-4-10-16-27)32(37)28-17-19-29(20-18-28)35(38)39/h2-20,24,30-31,33,36H,21-23H2,1H3/t24-,30+,31+,33-,34+/m0/s1. The van der Waals surface area contributed by atoms with Gasteiger partial charge in [-0.25, -0.2) is 0 Å². The van der Waals surface area contributed by atoms with E-state index in [0.717, 1.165) is 16.7 Å². The van der Waals surface area contributed by atoms with Crippen LogP contribution >= 0.6 is 0 Å². The Kier molecular flexibility index (Phi) is 9.71. The number of hydrogen-bond acceptors (Lipinski definition) is 8. The molecule has 4 aromatic rings. The van der Waals surface area contributed by atoms with Gasteiger partial charge in [0.1, 0.15) is 18.3 Å². The van der Waals surface area contributed by atoms with E-state index in [1.54, 1.807) is 6.92 Å². The molecule has 0 spiro atoms. The molecule has 0 bridgehead atoms. The van der Waals surface area contributed by atoms with Crippen LogP contribution in [0.2, 0.25) is 0 Å². The molecule has 1 heterocycles. The molecular formula is C34H33NO8. The average Bonchev–Trinajstić information content (AvgIpc) is 3.05. The zero-order chi connectivity index (χ0) is 30.2. The van der Waals surface area contributed by atoms with Crippen LogP contribution in [0.15, 0.2) is 115 Å². The Morgan fingerprint density at radius 2 is 1.28 bits per heavy atom. The van der Waals surface area contributed by atoms with Crippen LogP contribution < -0.4 is 0 Å². The number of nitrogens with zero attached hydrogens (tertiary/aromatic N) is 1. The summed E-state index contributed by atoms with van der Waals surface area (Å²) in [5.74, 6) is -2.68. The van der Waals surface area contributed by atoms with E-state index in [-0.39, 0.29) is 31.1 Å². The van der Waals surface area contributed by atoms with Crippen molar-refractivity contribution in [2.45, 2.75) is 56.9 Å². The summed E-state index contributed by atoms with van der Waals surface area (Å²) < 4.78 is 25.5. The quantitative estimate of drug-likeness (QED) is 0.129. The van der Waals surface area contributed by atoms with Gasteiger partial charge in [0.05, 0.1) is 30.8 Å². The van der Waals surface area contributed by atoms with E-state index in [2.05, 4.69) is 0 Å². The Balaban J connectivity index is 1.57. The SMILES string of the molecule is C[C@@H]1O[C@](OCc2ccccc2)(C(=O)c2ccc([N+](=O)[O-])cc2)[C@@H](OCc2ccccc2)[C@H](OCc2ccccc2)[C@@H]1O. The Bertz CT molecular complexity index is 1480. The number of aliphatic hydroxyl groups excluding tert-OH is 1. The highest BCUT2D eigenvalue weighted by Crippen LogP contribution is 2.39. The molecule has 0 amide bonds. The normalized spacial score (nSPS) is 23.5. The van der Waals surface area contributed by atoms with Gasteiger partial charge in [0.25, 0.3) is 11.5 Å². The zero-order valence-corrected chi connectivity index (χ0v) is 23.7. The summed E-state index contributed by atoms with van der Waals surface area (Å²) in [6.07, 6.45) is -4.32. The molecule has 5 atom stereocenters. The summed E-state index contributed by atoms with van der Waals surface area (Å²) in [4.78, 5) is 25.2. The molecule has 1 N–H and O–H groups in total. The molecule has 1 aliphatic rings. The lowest BCUT2D eigenvalue weighted by atomic mass is 9.87. The summed E-state index contributed by atoms with van der Waals surface area (Å²) in [6, 6.07) is 33.4. The van der Waals surface area contributed by atoms with Gasteiger partial charge in [-0.05, 0) is 35.7 Å². The predicted octanol–water partition coefficient (Wildman–Crippen LogP) is 5.64. The van der Waals surface area contributed by atoms with Crippen molar-refractivity contribution in [3.05, 3.63) is 148 Å². The number of nitro groups is 1. The number of carbonyl (C=O) groups excluding carboxylic acids is 1. The summed E-state index contributed by atoms with van der Waals surface area (Å²) in [7, 11) is 0. The highest BCUT2D eigenvalue weighted by molar-refractivity contribution is 6.02. The first-order valence-electron chi connectivity index (χ1n) is 14.0. The van der Waals surface area contributed by atoms with Crippen molar-refractivity contribution in [2.75, 3.05) is 0 Å². The largest absolute Gasteiger partial charge is 0.388 e. The molecule has 43 heavy (non-hydrogen) atoms. The Morgan fingerprint density at radius 3 is 1.79 bits per heavy atom. The number of rotatable bonds is 12. The van der Waals surface area contributed by atoms with Crippen molar-refractivity contribution < 1.29 is 33.8 Å². The van der Waals surface area contributed by atoms with Crippen LogP contribution in [0.1, 0.15) is 34.0 Å². The minimum atomic E-state index is -2.07. The molecule has 1 fully saturated rings. The van der Waals surface area contributed by atoms with Crippen molar-refractivity contribution in [3.8, 4) is 0 Å². The Morgan fingerprint density at radius 1 is 0.791 bits per heavy atom. The lowest BCUT2D eigenvalue weighted by Gasteiger charge is -2.49. The van der Waals surface area contributed by atoms with Gasteiger partial charge in [-0.1, -0.05) is 91.0 Å². The second-order valence-corrected chi connectivity index (χ2v) is 10.4. The first kappa shape index (κ1) is 30.2. The molecule has 0 aliphatic carbocycles. The monoisotopic (exact) mass is 583 g/mol. The fraction of sp³-hybridized carbons (Fsp3) is 0.265. The summed E-state index contributed by atoms with van der Waals surface area (Å²) in [5, 5.41) is 22.7. The van der Waals surface area contributed by atoms with Crippen LogP contribution in [-0.2, 0) is 38.8 Å². The molecule has 4 aromatic carbocycles. The van der Waals surface area contributed by atoms with Gasteiger partial charge in [0.15, 0.2) is 0 Å². The molecule has 5 rings (SSSR count). The molecule has 222 valence electrons. The second-order valence-electron chi connectivity index (χ2n) is 10.4. The third-order valence-electron chi connectivity index (χ3n) is 7.36. The van der Waals surface area contributed by atoms with Crippen LogP contribution in [0.4, 0.5) is 5.69 Å². The van der Waals surface area contributed by atoms with Crippen LogP contribution in [0.5, 0.6) is 0 Å². The zero-order valence-electron chi connectivity index (χ0n) is 23.7. The van der Waals surface area contributed by atoms with Crippen molar-refractivity contribution in [2.24, 2.45) is 0 Å². The smallest absolute Gasteiger partial charge is 0.269 e. The molecule has 0 unspecified atom stereocenters. The van der Waals surface area contributed by atoms with Gasteiger partial charge in [-0.3, -0.25) is 14.9 Å². The first-order chi connectivity index (χ1) is 20.9. The predicted molar refractivity (Wildman–Crippen MR) is 158 cm³/mol. The number of Topliss-reactive ketones (excluding diaryl/α,β-unsaturated/α-hetero) is 1. The van der Waals surface area contributed by atoms with E-state index < -0.39 is 40.9 Å². The van der Waals surface area contributed by atoms with Crippen molar-refractivity contribution >= 4 is 11.5 Å². The van der Waals surface area contributed by atoms with Crippen molar-refractivity contribution in [1.29, 1.82) is 0 Å². The van der Waals surface area contributed by atoms with E-state index >= 15 is 0 Å². The van der Waals surface area contributed by atoms with E-state index in [4.69, 9.17) is 18.9 Å². The maximum absolute atomic E-state index is 14.5. The van der Waals surface area contributed by atoms with E-state index in [0.29, 0.717) is 0 Å². The summed E-state index contributed by atoms with van der Waals surface area (Å²) >= 11 is 0. The van der Waals surface area contributed by atoms with Crippen LogP contribution in [-0.4, -0.2) is 46.0 Å². The fourth-order valence-electron chi connectivity index (χ4n) is 5.06. The first-order valence-corrected chi connectivity index (χ1v) is 14.0. The molecule has 0 saturated carbocycles. The van der Waals surface area contributed by atoms with Gasteiger partial charge in [-0.15, -0.1) is 0 Å². The number of carbonyl (C=O) groups is 1. The fourth-order valence-corrected chi connectivity index (χ4v) is 5.06. The van der Waals surface area contributed by atoms with Crippen LogP contribution in [0, 0.1) is 10.1 Å². The lowest BCUT2D eigenvalue weighted by Crippen LogP contribution is -2.69. The number of ketones is 1. The molecule has 0 aromatic heterocycles. The van der Waals surface area contributed by atoms with Gasteiger partial charge < -0.3 is 24.1 Å². The molecule has 9 heteroatoms. The highest BCUT2D eigenvalue weighted by Gasteiger charge is 2.60. The summed E-state index contributed by atoms with van der Waals surface area (Å²) in [6.45, 7) is 1.84. The second kappa shape index (κ2) is 13.8. The molecule has 1 saturated heterocycles. The molecular weight excluding hydrogens is 550 g/mol. The maximum Gasteiger partial charge on any atom is 0.269 e.